The molecule has 0 spiro atoms. The van der Waals surface area contributed by atoms with Crippen LogP contribution in [0.5, 0.6) is 0 Å². The fourth-order valence-electron chi connectivity index (χ4n) is 12.4. The average Bonchev–Trinajstić information content (AvgIpc) is 1.60. The van der Waals surface area contributed by atoms with Crippen molar-refractivity contribution in [3.05, 3.63) is 269 Å². The van der Waals surface area contributed by atoms with Crippen molar-refractivity contribution in [2.75, 3.05) is 0 Å². The molecule has 0 aliphatic rings. The van der Waals surface area contributed by atoms with Gasteiger partial charge in [0.2, 0.25) is 0 Å². The van der Waals surface area contributed by atoms with Gasteiger partial charge in [-0.25, -0.2) is 0 Å². The molecule has 450 valence electrons. The van der Waals surface area contributed by atoms with Crippen molar-refractivity contribution in [2.45, 2.75) is 78.6 Å². The van der Waals surface area contributed by atoms with E-state index < -0.39 is 7.12 Å². The van der Waals surface area contributed by atoms with Crippen LogP contribution in [0.15, 0.2) is 270 Å². The quantitative estimate of drug-likeness (QED) is 0.154. The predicted octanol–water partition coefficient (Wildman–Crippen LogP) is 23.5. The van der Waals surface area contributed by atoms with E-state index in [0.717, 1.165) is 142 Å². The third-order valence-corrected chi connectivity index (χ3v) is 18.4. The average molecular weight is 1320 g/mol. The molecule has 0 bridgehead atoms. The van der Waals surface area contributed by atoms with Gasteiger partial charge in [0, 0.05) is 54.9 Å². The lowest BCUT2D eigenvalue weighted by molar-refractivity contribution is 0.425. The minimum Gasteiger partial charge on any atom is -0.455 e. The normalized spacial score (nSPS) is 12.0. The van der Waals surface area contributed by atoms with Crippen molar-refractivity contribution in [3.8, 4) is 67.2 Å². The molecule has 0 unspecified atom stereocenters. The third-order valence-electron chi connectivity index (χ3n) is 17.3. The smallest absolute Gasteiger partial charge is 0.455 e. The number of halogens is 2. The van der Waals surface area contributed by atoms with Crippen molar-refractivity contribution in [3.63, 3.8) is 0 Å². The molecule has 0 saturated carbocycles. The highest BCUT2D eigenvalue weighted by molar-refractivity contribution is 9.10. The summed E-state index contributed by atoms with van der Waals surface area (Å²) in [7, 11) is -1.37. The van der Waals surface area contributed by atoms with E-state index in [0.29, 0.717) is 5.46 Å². The van der Waals surface area contributed by atoms with Crippen LogP contribution in [-0.2, 0) is 16.2 Å². The van der Waals surface area contributed by atoms with Gasteiger partial charge in [0.25, 0.3) is 0 Å². The van der Waals surface area contributed by atoms with Crippen LogP contribution in [0, 0.1) is 0 Å². The fourth-order valence-corrected chi connectivity index (χ4v) is 13.6. The Hall–Kier alpha value is -8.96. The molecule has 4 heterocycles. The van der Waals surface area contributed by atoms with Gasteiger partial charge in [0.1, 0.15) is 33.9 Å². The minimum atomic E-state index is -1.37. The summed E-state index contributed by atoms with van der Waals surface area (Å²) in [4.78, 5) is 0. The molecule has 4 aromatic heterocycles. The number of benzene rings is 11. The molecule has 11 aromatic carbocycles. The molecule has 9 heteroatoms. The summed E-state index contributed by atoms with van der Waals surface area (Å²) >= 11 is 7.29. The summed E-state index contributed by atoms with van der Waals surface area (Å²) in [5.41, 5.74) is 19.1. The van der Waals surface area contributed by atoms with Gasteiger partial charge < -0.3 is 27.7 Å². The van der Waals surface area contributed by atoms with Gasteiger partial charge in [0.15, 0.2) is 9.34 Å². The van der Waals surface area contributed by atoms with Gasteiger partial charge in [-0.05, 0) is 163 Å². The SMILES string of the molecule is Brc1oc2ccc3c(ccc4oc(Br)c(-c5ccccc5)c43)c2c1-c1ccccc1.CC(C)(C)c1ccc(-c2oc3ccc4c(ccc5oc(-c6ccc(C(C)(C)C)cc6)c(-c6ccccc6)c54)c3c2-c2ccccc2)cc1.CC(C)(C)c1ccc(B(O)O)cc1. The maximum Gasteiger partial charge on any atom is 0.488 e. The van der Waals surface area contributed by atoms with Gasteiger partial charge in [-0.1, -0.05) is 256 Å². The molecule has 91 heavy (non-hydrogen) atoms. The zero-order chi connectivity index (χ0) is 63.5. The zero-order valence-electron chi connectivity index (χ0n) is 52.5. The monoisotopic (exact) mass is 1320 g/mol. The summed E-state index contributed by atoms with van der Waals surface area (Å²) < 4.78 is 27.2. The number of furan rings is 4. The Kier molecular flexibility index (Phi) is 16.3. The van der Waals surface area contributed by atoms with Gasteiger partial charge in [-0.15, -0.1) is 0 Å². The van der Waals surface area contributed by atoms with Crippen LogP contribution in [0.4, 0.5) is 0 Å². The molecule has 0 atom stereocenters. The second kappa shape index (κ2) is 24.3. The van der Waals surface area contributed by atoms with E-state index in [2.05, 4.69) is 264 Å². The van der Waals surface area contributed by atoms with E-state index >= 15 is 0 Å². The van der Waals surface area contributed by atoms with Crippen molar-refractivity contribution < 1.29 is 27.7 Å². The van der Waals surface area contributed by atoms with Gasteiger partial charge in [0.05, 0.1) is 0 Å². The molecular formula is C82H69BBr2O6. The molecular weight excluding hydrogens is 1250 g/mol. The lowest BCUT2D eigenvalue weighted by atomic mass is 9.78. The van der Waals surface area contributed by atoms with Crippen LogP contribution in [0.1, 0.15) is 79.0 Å². The zero-order valence-corrected chi connectivity index (χ0v) is 55.6. The highest BCUT2D eigenvalue weighted by Gasteiger charge is 2.27. The summed E-state index contributed by atoms with van der Waals surface area (Å²) in [5, 5.41) is 26.7. The molecule has 0 radical (unpaired) electrons. The van der Waals surface area contributed by atoms with Crippen molar-refractivity contribution in [2.24, 2.45) is 0 Å². The molecule has 0 amide bonds. The summed E-state index contributed by atoms with van der Waals surface area (Å²) in [5.74, 6) is 1.78. The Balaban J connectivity index is 0.000000149. The van der Waals surface area contributed by atoms with Gasteiger partial charge in [-0.2, -0.15) is 0 Å². The first-order valence-electron chi connectivity index (χ1n) is 30.8. The Morgan fingerprint density at radius 1 is 0.275 bits per heavy atom. The second-order valence-corrected chi connectivity index (χ2v) is 27.9. The summed E-state index contributed by atoms with van der Waals surface area (Å²) in [6, 6.07) is 84.0. The van der Waals surface area contributed by atoms with Crippen LogP contribution in [-0.4, -0.2) is 17.2 Å². The topological polar surface area (TPSA) is 93.0 Å². The predicted molar refractivity (Wildman–Crippen MR) is 387 cm³/mol. The lowest BCUT2D eigenvalue weighted by Gasteiger charge is -2.19. The lowest BCUT2D eigenvalue weighted by Crippen LogP contribution is -2.29. The number of fused-ring (bicyclic) bond motifs is 10. The first kappa shape index (κ1) is 60.9. The standard InChI is InChI=1S/C46H40O2.C26H14Br2O2.C10H15BO2/c1-45(2,3)33-21-17-31(18-22-33)43-39(29-13-9-7-10-14-29)41-35-26-28-38-42(36(35)25-27-37(41)47-43)40(30-15-11-8-12-16-30)44(48-38)32-19-23-34(24-20-32)46(4,5)6;27-25-21(15-7-3-1-4-8-15)23-17-11-14-20-24(18(17)12-13-19(23)29-25)22(26(28)30-20)16-9-5-2-6-10-16;1-10(2,3)8-4-6-9(7-5-8)11(12)13/h7-28H,1-6H3;1-14H;4-7,12-13H,1-3H3. The summed E-state index contributed by atoms with van der Waals surface area (Å²) in [6.07, 6.45) is 0. The fraction of sp³-hybridized carbons (Fsp3) is 0.146. The Morgan fingerprint density at radius 3 is 0.802 bits per heavy atom. The van der Waals surface area contributed by atoms with Crippen LogP contribution >= 0.6 is 31.9 Å². The van der Waals surface area contributed by atoms with Gasteiger partial charge in [-0.3, -0.25) is 0 Å². The molecule has 2 N–H and O–H groups in total. The molecule has 0 aliphatic heterocycles. The molecule has 15 aromatic rings. The Bertz CT molecular complexity index is 4810. The van der Waals surface area contributed by atoms with Crippen molar-refractivity contribution in [1.82, 2.24) is 0 Å². The maximum absolute atomic E-state index is 8.87. The first-order chi connectivity index (χ1) is 43.7. The van der Waals surface area contributed by atoms with Crippen LogP contribution < -0.4 is 5.46 Å². The van der Waals surface area contributed by atoms with E-state index in [4.69, 9.17) is 27.7 Å². The van der Waals surface area contributed by atoms with E-state index in [-0.39, 0.29) is 16.2 Å². The van der Waals surface area contributed by atoms with E-state index in [1.54, 1.807) is 12.1 Å². The van der Waals surface area contributed by atoms with E-state index in [1.165, 1.54) is 16.7 Å². The van der Waals surface area contributed by atoms with Crippen molar-refractivity contribution in [1.29, 1.82) is 0 Å². The minimum absolute atomic E-state index is 0.0742. The third kappa shape index (κ3) is 11.8. The molecule has 0 fully saturated rings. The van der Waals surface area contributed by atoms with Crippen LogP contribution in [0.3, 0.4) is 0 Å². The first-order valence-corrected chi connectivity index (χ1v) is 32.4. The second-order valence-electron chi connectivity index (χ2n) is 26.4. The molecule has 0 saturated heterocycles. The largest absolute Gasteiger partial charge is 0.488 e. The number of hydrogen-bond acceptors (Lipinski definition) is 6. The van der Waals surface area contributed by atoms with Crippen molar-refractivity contribution >= 4 is 110 Å². The van der Waals surface area contributed by atoms with Crippen LogP contribution in [0.25, 0.3) is 133 Å². The van der Waals surface area contributed by atoms with Crippen LogP contribution in [0.2, 0.25) is 0 Å². The molecule has 6 nitrogen and oxygen atoms in total. The van der Waals surface area contributed by atoms with E-state index in [9.17, 15) is 0 Å². The van der Waals surface area contributed by atoms with Gasteiger partial charge >= 0.3 is 7.12 Å². The maximum atomic E-state index is 8.87. The van der Waals surface area contributed by atoms with E-state index in [1.807, 2.05) is 60.7 Å². The molecule has 15 rings (SSSR count). The highest BCUT2D eigenvalue weighted by atomic mass is 79.9. The number of rotatable bonds is 7. The molecule has 0 aliphatic carbocycles. The number of hydrogen-bond donors (Lipinski definition) is 2. The summed E-state index contributed by atoms with van der Waals surface area (Å²) in [6.45, 7) is 19.9. The Morgan fingerprint density at radius 2 is 0.527 bits per heavy atom. The highest BCUT2D eigenvalue weighted by Crippen LogP contribution is 2.51. The Labute approximate surface area is 548 Å².